The number of carbonyl (C=O) groups is 2. The Balaban J connectivity index is 1.23. The van der Waals surface area contributed by atoms with E-state index in [0.717, 1.165) is 47.2 Å². The van der Waals surface area contributed by atoms with E-state index in [-0.39, 0.29) is 36.5 Å². The van der Waals surface area contributed by atoms with Crippen molar-refractivity contribution in [3.8, 4) is 5.75 Å². The van der Waals surface area contributed by atoms with Crippen LogP contribution in [-0.2, 0) is 22.6 Å². The molecule has 1 aliphatic carbocycles. The average Bonchev–Trinajstić information content (AvgIpc) is 3.87. The molecule has 0 radical (unpaired) electrons. The summed E-state index contributed by atoms with van der Waals surface area (Å²) in [7, 11) is 0. The van der Waals surface area contributed by atoms with E-state index in [1.807, 2.05) is 58.3 Å². The summed E-state index contributed by atoms with van der Waals surface area (Å²) in [6, 6.07) is 17.0. The molecule has 1 N–H and O–H groups in total. The zero-order chi connectivity index (χ0) is 31.7. The molecule has 2 aliphatic heterocycles. The SMILES string of the molecule is CC(=O)N1C[C@H]2CC(c3ccc(CCCOc4c(F)ccc(F)c4F)cc3)=C(C(=O)N(Cc3ccccc3Cl)C3CC3)[C@@H](C1)N2. The van der Waals surface area contributed by atoms with Crippen molar-refractivity contribution >= 4 is 29.0 Å². The van der Waals surface area contributed by atoms with Crippen LogP contribution >= 0.6 is 11.6 Å². The third-order valence-corrected chi connectivity index (χ3v) is 9.16. The number of benzene rings is 3. The van der Waals surface area contributed by atoms with Gasteiger partial charge in [0.1, 0.15) is 0 Å². The number of piperazine rings is 1. The molecular formula is C35H35ClF3N3O3. The van der Waals surface area contributed by atoms with Gasteiger partial charge in [-0.1, -0.05) is 54.1 Å². The summed E-state index contributed by atoms with van der Waals surface area (Å²) >= 11 is 6.50. The van der Waals surface area contributed by atoms with Crippen LogP contribution in [0.4, 0.5) is 13.2 Å². The van der Waals surface area contributed by atoms with E-state index in [2.05, 4.69) is 5.32 Å². The van der Waals surface area contributed by atoms with Gasteiger partial charge >= 0.3 is 0 Å². The Morgan fingerprint density at radius 3 is 2.44 bits per heavy atom. The molecule has 236 valence electrons. The maximum Gasteiger partial charge on any atom is 0.252 e. The molecule has 2 bridgehead atoms. The number of carbonyl (C=O) groups excluding carboxylic acids is 2. The van der Waals surface area contributed by atoms with E-state index in [0.29, 0.717) is 49.5 Å². The van der Waals surface area contributed by atoms with Crippen molar-refractivity contribution in [3.05, 3.63) is 105 Å². The highest BCUT2D eigenvalue weighted by molar-refractivity contribution is 6.31. The second-order valence-electron chi connectivity index (χ2n) is 12.0. The molecule has 0 unspecified atom stereocenters. The van der Waals surface area contributed by atoms with Crippen LogP contribution in [-0.4, -0.2) is 59.4 Å². The van der Waals surface area contributed by atoms with Crippen LogP contribution in [0.1, 0.15) is 49.3 Å². The molecule has 3 aliphatic rings. The summed E-state index contributed by atoms with van der Waals surface area (Å²) in [5, 5.41) is 4.24. The molecule has 0 aromatic heterocycles. The molecule has 2 amide bonds. The second kappa shape index (κ2) is 13.3. The number of fused-ring (bicyclic) bond motifs is 2. The molecule has 6 rings (SSSR count). The van der Waals surface area contributed by atoms with Crippen molar-refractivity contribution in [1.82, 2.24) is 15.1 Å². The van der Waals surface area contributed by atoms with E-state index < -0.39 is 23.2 Å². The van der Waals surface area contributed by atoms with Crippen LogP contribution in [0.3, 0.4) is 0 Å². The number of nitrogens with zero attached hydrogens (tertiary/aromatic N) is 2. The minimum atomic E-state index is -1.33. The van der Waals surface area contributed by atoms with Crippen LogP contribution in [0.2, 0.25) is 5.02 Å². The zero-order valence-corrected chi connectivity index (χ0v) is 25.8. The van der Waals surface area contributed by atoms with Gasteiger partial charge in [0, 0.05) is 49.2 Å². The maximum atomic E-state index is 14.5. The summed E-state index contributed by atoms with van der Waals surface area (Å²) in [6.07, 6.45) is 3.53. The van der Waals surface area contributed by atoms with E-state index in [9.17, 15) is 22.8 Å². The lowest BCUT2D eigenvalue weighted by molar-refractivity contribution is -0.132. The fourth-order valence-electron chi connectivity index (χ4n) is 6.31. The molecule has 1 saturated heterocycles. The van der Waals surface area contributed by atoms with Crippen LogP contribution < -0.4 is 10.1 Å². The zero-order valence-electron chi connectivity index (χ0n) is 25.0. The number of aryl methyl sites for hydroxylation is 1. The Morgan fingerprint density at radius 2 is 1.73 bits per heavy atom. The molecule has 3 aromatic carbocycles. The third-order valence-electron chi connectivity index (χ3n) is 8.79. The van der Waals surface area contributed by atoms with Gasteiger partial charge in [-0.2, -0.15) is 4.39 Å². The molecule has 3 aromatic rings. The fourth-order valence-corrected chi connectivity index (χ4v) is 6.50. The number of nitrogens with one attached hydrogen (secondary N) is 1. The normalized spacial score (nSPS) is 19.4. The lowest BCUT2D eigenvalue weighted by Crippen LogP contribution is -2.61. The number of amides is 2. The van der Waals surface area contributed by atoms with Crippen molar-refractivity contribution in [3.63, 3.8) is 0 Å². The molecule has 10 heteroatoms. The molecular weight excluding hydrogens is 603 g/mol. The standard InChI is InChI=1S/C35H35ClF3N3O3/c1-21(43)41-19-25-17-27(23-10-8-22(9-11-23)5-4-16-45-34-30(38)15-14-29(37)33(34)39)32(31(20-41)40-25)35(44)42(26-12-13-26)18-24-6-2-3-7-28(24)36/h2-3,6-11,14-15,25-26,31,40H,4-5,12-13,16-20H2,1H3/t25-,31-/m1/s1. The van der Waals surface area contributed by atoms with Crippen molar-refractivity contribution in [2.75, 3.05) is 19.7 Å². The molecule has 2 fully saturated rings. The number of rotatable bonds is 10. The predicted molar refractivity (Wildman–Crippen MR) is 166 cm³/mol. The topological polar surface area (TPSA) is 61.9 Å². The Bertz CT molecular complexity index is 1630. The summed E-state index contributed by atoms with van der Waals surface area (Å²) in [4.78, 5) is 30.6. The largest absolute Gasteiger partial charge is 0.488 e. The van der Waals surface area contributed by atoms with Gasteiger partial charge in [0.15, 0.2) is 17.4 Å². The van der Waals surface area contributed by atoms with Crippen LogP contribution in [0.15, 0.2) is 66.2 Å². The van der Waals surface area contributed by atoms with Gasteiger partial charge in [0.25, 0.3) is 5.91 Å². The van der Waals surface area contributed by atoms with E-state index in [4.69, 9.17) is 16.3 Å². The van der Waals surface area contributed by atoms with Crippen molar-refractivity contribution in [1.29, 1.82) is 0 Å². The molecule has 6 nitrogen and oxygen atoms in total. The second-order valence-corrected chi connectivity index (χ2v) is 12.4. The van der Waals surface area contributed by atoms with E-state index >= 15 is 0 Å². The number of ether oxygens (including phenoxy) is 1. The third kappa shape index (κ3) is 6.89. The predicted octanol–water partition coefficient (Wildman–Crippen LogP) is 6.31. The van der Waals surface area contributed by atoms with Crippen LogP contribution in [0.5, 0.6) is 5.75 Å². The van der Waals surface area contributed by atoms with Gasteiger partial charge in [-0.15, -0.1) is 0 Å². The van der Waals surface area contributed by atoms with Gasteiger partial charge in [-0.3, -0.25) is 9.59 Å². The molecule has 1 saturated carbocycles. The van der Waals surface area contributed by atoms with Gasteiger partial charge in [0.05, 0.1) is 12.6 Å². The fraction of sp³-hybridized carbons (Fsp3) is 0.371. The quantitative estimate of drug-likeness (QED) is 0.209. The van der Waals surface area contributed by atoms with Crippen molar-refractivity contribution in [2.24, 2.45) is 0 Å². The first-order valence-electron chi connectivity index (χ1n) is 15.3. The molecule has 45 heavy (non-hydrogen) atoms. The van der Waals surface area contributed by atoms with Crippen molar-refractivity contribution < 1.29 is 27.5 Å². The van der Waals surface area contributed by atoms with Gasteiger partial charge < -0.3 is 19.9 Å². The lowest BCUT2D eigenvalue weighted by atomic mass is 9.82. The van der Waals surface area contributed by atoms with Crippen LogP contribution in [0, 0.1) is 17.5 Å². The average molecular weight is 638 g/mol. The Labute approximate surface area is 265 Å². The summed E-state index contributed by atoms with van der Waals surface area (Å²) in [5.74, 6) is -4.18. The highest BCUT2D eigenvalue weighted by Gasteiger charge is 2.43. The monoisotopic (exact) mass is 637 g/mol. The highest BCUT2D eigenvalue weighted by atomic mass is 35.5. The highest BCUT2D eigenvalue weighted by Crippen LogP contribution is 2.38. The smallest absolute Gasteiger partial charge is 0.252 e. The Morgan fingerprint density at radius 1 is 1.00 bits per heavy atom. The van der Waals surface area contributed by atoms with Gasteiger partial charge in [-0.05, 0) is 72.6 Å². The molecule has 0 spiro atoms. The van der Waals surface area contributed by atoms with E-state index in [1.165, 1.54) is 0 Å². The van der Waals surface area contributed by atoms with Crippen molar-refractivity contribution in [2.45, 2.75) is 63.7 Å². The lowest BCUT2D eigenvalue weighted by Gasteiger charge is -2.44. The first kappa shape index (κ1) is 31.2. The minimum absolute atomic E-state index is 0.00641. The first-order valence-corrected chi connectivity index (χ1v) is 15.7. The summed E-state index contributed by atoms with van der Waals surface area (Å²) in [5.41, 5.74) is 4.51. The number of hydrogen-bond acceptors (Lipinski definition) is 4. The van der Waals surface area contributed by atoms with Gasteiger partial charge in [-0.25, -0.2) is 8.78 Å². The Kier molecular flexibility index (Phi) is 9.19. The summed E-state index contributed by atoms with van der Waals surface area (Å²) < 4.78 is 46.4. The number of halogens is 4. The number of hydrogen-bond donors (Lipinski definition) is 1. The Hall–Kier alpha value is -3.82. The molecule has 2 heterocycles. The first-order chi connectivity index (χ1) is 21.7. The van der Waals surface area contributed by atoms with Gasteiger partial charge in [0.2, 0.25) is 11.7 Å². The summed E-state index contributed by atoms with van der Waals surface area (Å²) in [6.45, 7) is 3.00. The van der Waals surface area contributed by atoms with E-state index in [1.54, 1.807) is 6.92 Å². The maximum absolute atomic E-state index is 14.5. The minimum Gasteiger partial charge on any atom is -0.488 e. The van der Waals surface area contributed by atoms with Crippen LogP contribution in [0.25, 0.3) is 5.57 Å². The molecule has 2 atom stereocenters.